The van der Waals surface area contributed by atoms with E-state index in [1.807, 2.05) is 30.3 Å². The second kappa shape index (κ2) is 3.00. The fourth-order valence-corrected chi connectivity index (χ4v) is 2.26. The Morgan fingerprint density at radius 1 is 0.875 bits per heavy atom. The monoisotopic (exact) mass is 212 g/mol. The number of rotatable bonds is 0. The number of nitrogen functional groups attached to an aromatic ring is 2. The summed E-state index contributed by atoms with van der Waals surface area (Å²) >= 11 is 0. The molecule has 0 saturated heterocycles. The van der Waals surface area contributed by atoms with E-state index in [4.69, 9.17) is 11.5 Å². The van der Waals surface area contributed by atoms with E-state index in [0.29, 0.717) is 11.4 Å². The maximum atomic E-state index is 10.2. The number of hydrogen-bond acceptors (Lipinski definition) is 3. The van der Waals surface area contributed by atoms with Gasteiger partial charge in [0, 0.05) is 0 Å². The largest absolute Gasteiger partial charge is 0.397 e. The molecule has 80 valence electrons. The zero-order chi connectivity index (χ0) is 11.3. The molecule has 3 rings (SSSR count). The van der Waals surface area contributed by atoms with Crippen molar-refractivity contribution in [1.29, 1.82) is 0 Å². The molecule has 3 heteroatoms. The van der Waals surface area contributed by atoms with E-state index in [1.54, 1.807) is 6.07 Å². The number of anilines is 2. The number of fused-ring (bicyclic) bond motifs is 3. The van der Waals surface area contributed by atoms with Crippen LogP contribution in [0.5, 0.6) is 0 Å². The molecule has 1 atom stereocenters. The van der Waals surface area contributed by atoms with Gasteiger partial charge in [0.2, 0.25) is 0 Å². The number of hydrogen-bond donors (Lipinski definition) is 3. The Labute approximate surface area is 93.3 Å². The van der Waals surface area contributed by atoms with Crippen molar-refractivity contribution >= 4 is 11.4 Å². The van der Waals surface area contributed by atoms with E-state index in [9.17, 15) is 5.11 Å². The van der Waals surface area contributed by atoms with Crippen LogP contribution in [0.2, 0.25) is 0 Å². The molecule has 0 fully saturated rings. The van der Waals surface area contributed by atoms with Crippen molar-refractivity contribution in [3.8, 4) is 11.1 Å². The Bertz CT molecular complexity index is 578. The fraction of sp³-hybridized carbons (Fsp3) is 0.0769. The Hall–Kier alpha value is -2.00. The average Bonchev–Trinajstić information content (AvgIpc) is 2.55. The standard InChI is InChI=1S/C13H12N2O/c14-11-5-9-7-3-1-2-4-8(7)13(16)10(9)6-12(11)15/h1-6,13,16H,14-15H2/t13-/m0/s1. The highest BCUT2D eigenvalue weighted by Gasteiger charge is 2.27. The zero-order valence-corrected chi connectivity index (χ0v) is 8.64. The zero-order valence-electron chi connectivity index (χ0n) is 8.64. The Morgan fingerprint density at radius 3 is 2.38 bits per heavy atom. The summed E-state index contributed by atoms with van der Waals surface area (Å²) in [5, 5.41) is 10.2. The van der Waals surface area contributed by atoms with Crippen LogP contribution in [-0.4, -0.2) is 5.11 Å². The molecule has 0 bridgehead atoms. The molecule has 0 spiro atoms. The smallest absolute Gasteiger partial charge is 0.105 e. The van der Waals surface area contributed by atoms with Crippen molar-refractivity contribution in [2.75, 3.05) is 11.5 Å². The van der Waals surface area contributed by atoms with Crippen molar-refractivity contribution in [2.24, 2.45) is 0 Å². The maximum Gasteiger partial charge on any atom is 0.105 e. The molecule has 0 amide bonds. The van der Waals surface area contributed by atoms with E-state index in [1.165, 1.54) is 0 Å². The van der Waals surface area contributed by atoms with Gasteiger partial charge in [0.1, 0.15) is 6.10 Å². The molecular formula is C13H12N2O. The minimum atomic E-state index is -0.589. The summed E-state index contributed by atoms with van der Waals surface area (Å²) in [7, 11) is 0. The van der Waals surface area contributed by atoms with Crippen LogP contribution in [0, 0.1) is 0 Å². The van der Waals surface area contributed by atoms with E-state index in [-0.39, 0.29) is 0 Å². The lowest BCUT2D eigenvalue weighted by molar-refractivity contribution is 0.225. The van der Waals surface area contributed by atoms with Gasteiger partial charge in [0.15, 0.2) is 0 Å². The van der Waals surface area contributed by atoms with Gasteiger partial charge in [-0.05, 0) is 34.4 Å². The molecule has 0 saturated carbocycles. The van der Waals surface area contributed by atoms with Crippen molar-refractivity contribution in [3.05, 3.63) is 47.5 Å². The van der Waals surface area contributed by atoms with Crippen LogP contribution in [0.4, 0.5) is 11.4 Å². The molecule has 1 aliphatic carbocycles. The van der Waals surface area contributed by atoms with Crippen LogP contribution in [0.3, 0.4) is 0 Å². The molecule has 2 aromatic carbocycles. The predicted molar refractivity (Wildman–Crippen MR) is 64.8 cm³/mol. The highest BCUT2D eigenvalue weighted by molar-refractivity contribution is 5.84. The van der Waals surface area contributed by atoms with Gasteiger partial charge >= 0.3 is 0 Å². The van der Waals surface area contributed by atoms with Gasteiger partial charge in [-0.15, -0.1) is 0 Å². The maximum absolute atomic E-state index is 10.2. The van der Waals surface area contributed by atoms with Crippen LogP contribution in [0.15, 0.2) is 36.4 Å². The van der Waals surface area contributed by atoms with Gasteiger partial charge in [-0.2, -0.15) is 0 Å². The highest BCUT2D eigenvalue weighted by atomic mass is 16.3. The molecule has 5 N–H and O–H groups in total. The van der Waals surface area contributed by atoms with Crippen molar-refractivity contribution in [2.45, 2.75) is 6.10 Å². The van der Waals surface area contributed by atoms with E-state index in [2.05, 4.69) is 0 Å². The van der Waals surface area contributed by atoms with Gasteiger partial charge in [-0.25, -0.2) is 0 Å². The van der Waals surface area contributed by atoms with Gasteiger partial charge < -0.3 is 16.6 Å². The first-order valence-electron chi connectivity index (χ1n) is 5.14. The lowest BCUT2D eigenvalue weighted by Crippen LogP contribution is -1.98. The highest BCUT2D eigenvalue weighted by Crippen LogP contribution is 2.45. The third kappa shape index (κ3) is 1.06. The summed E-state index contributed by atoms with van der Waals surface area (Å²) in [6.07, 6.45) is -0.589. The first-order chi connectivity index (χ1) is 7.68. The third-order valence-electron chi connectivity index (χ3n) is 3.10. The number of benzene rings is 2. The minimum absolute atomic E-state index is 0.519. The summed E-state index contributed by atoms with van der Waals surface area (Å²) < 4.78 is 0. The van der Waals surface area contributed by atoms with E-state index >= 15 is 0 Å². The third-order valence-corrected chi connectivity index (χ3v) is 3.10. The van der Waals surface area contributed by atoms with Crippen LogP contribution in [-0.2, 0) is 0 Å². The van der Waals surface area contributed by atoms with Gasteiger partial charge in [0.25, 0.3) is 0 Å². The van der Waals surface area contributed by atoms with Gasteiger partial charge in [-0.1, -0.05) is 24.3 Å². The summed E-state index contributed by atoms with van der Waals surface area (Å²) in [5.74, 6) is 0. The van der Waals surface area contributed by atoms with Crippen LogP contribution in [0.1, 0.15) is 17.2 Å². The van der Waals surface area contributed by atoms with Crippen LogP contribution >= 0.6 is 0 Å². The van der Waals surface area contributed by atoms with E-state index < -0.39 is 6.10 Å². The van der Waals surface area contributed by atoms with Crippen molar-refractivity contribution in [3.63, 3.8) is 0 Å². The van der Waals surface area contributed by atoms with Crippen molar-refractivity contribution in [1.82, 2.24) is 0 Å². The second-order valence-electron chi connectivity index (χ2n) is 4.06. The molecule has 0 aliphatic heterocycles. The Kier molecular flexibility index (Phi) is 1.73. The molecule has 0 radical (unpaired) electrons. The van der Waals surface area contributed by atoms with Crippen LogP contribution < -0.4 is 11.5 Å². The van der Waals surface area contributed by atoms with Crippen LogP contribution in [0.25, 0.3) is 11.1 Å². The molecular weight excluding hydrogens is 200 g/mol. The molecule has 2 aromatic rings. The minimum Gasteiger partial charge on any atom is -0.397 e. The lowest BCUT2D eigenvalue weighted by Gasteiger charge is -2.07. The van der Waals surface area contributed by atoms with Gasteiger partial charge in [0.05, 0.1) is 11.4 Å². The summed E-state index contributed by atoms with van der Waals surface area (Å²) in [6.45, 7) is 0. The Morgan fingerprint density at radius 2 is 1.56 bits per heavy atom. The quantitative estimate of drug-likeness (QED) is 0.584. The molecule has 0 unspecified atom stereocenters. The molecule has 0 aromatic heterocycles. The summed E-state index contributed by atoms with van der Waals surface area (Å²) in [4.78, 5) is 0. The average molecular weight is 212 g/mol. The second-order valence-corrected chi connectivity index (χ2v) is 4.06. The number of aliphatic hydroxyl groups is 1. The molecule has 3 nitrogen and oxygen atoms in total. The molecule has 0 heterocycles. The summed E-state index contributed by atoms with van der Waals surface area (Å²) in [6, 6.07) is 11.4. The summed E-state index contributed by atoms with van der Waals surface area (Å²) in [5.41, 5.74) is 16.4. The van der Waals surface area contributed by atoms with Crippen molar-refractivity contribution < 1.29 is 5.11 Å². The normalized spacial score (nSPS) is 16.9. The first-order valence-corrected chi connectivity index (χ1v) is 5.14. The topological polar surface area (TPSA) is 72.3 Å². The molecule has 16 heavy (non-hydrogen) atoms. The number of aliphatic hydroxyl groups excluding tert-OH is 1. The SMILES string of the molecule is Nc1cc2c(cc1N)[C@@H](O)c1ccccc1-2. The van der Waals surface area contributed by atoms with Gasteiger partial charge in [-0.3, -0.25) is 0 Å². The van der Waals surface area contributed by atoms with E-state index in [0.717, 1.165) is 22.3 Å². The lowest BCUT2D eigenvalue weighted by atomic mass is 10.0. The predicted octanol–water partition coefficient (Wildman–Crippen LogP) is 1.91. The Balaban J connectivity index is 2.34. The number of nitrogens with two attached hydrogens (primary N) is 2. The first kappa shape index (κ1) is 9.24. The molecule has 1 aliphatic rings. The fourth-order valence-electron chi connectivity index (χ4n) is 2.26.